The van der Waals surface area contributed by atoms with Crippen LogP contribution >= 0.6 is 11.8 Å². The number of rotatable bonds is 4. The molecular formula is C15H11NO3S. The van der Waals surface area contributed by atoms with Gasteiger partial charge < -0.3 is 9.52 Å². The Morgan fingerprint density at radius 2 is 1.90 bits per heavy atom. The average molecular weight is 285 g/mol. The molecule has 1 N–H and O–H groups in total. The minimum atomic E-state index is -0.916. The first-order valence-corrected chi connectivity index (χ1v) is 7.01. The summed E-state index contributed by atoms with van der Waals surface area (Å²) in [4.78, 5) is 16.1. The molecule has 0 radical (unpaired) electrons. The van der Waals surface area contributed by atoms with Crippen LogP contribution in [0, 0.1) is 0 Å². The van der Waals surface area contributed by atoms with Crippen LogP contribution in [0.3, 0.4) is 0 Å². The largest absolute Gasteiger partial charge is 0.478 e. The number of para-hydroxylation sites is 2. The molecule has 0 spiro atoms. The Hall–Kier alpha value is -2.27. The first-order valence-electron chi connectivity index (χ1n) is 6.03. The zero-order chi connectivity index (χ0) is 13.9. The van der Waals surface area contributed by atoms with Crippen molar-refractivity contribution in [3.05, 3.63) is 60.0 Å². The van der Waals surface area contributed by atoms with E-state index in [2.05, 4.69) is 4.98 Å². The summed E-state index contributed by atoms with van der Waals surface area (Å²) in [6, 6.07) is 14.4. The molecule has 0 aliphatic heterocycles. The second-order valence-corrected chi connectivity index (χ2v) is 5.24. The maximum Gasteiger partial charge on any atom is 0.335 e. The van der Waals surface area contributed by atoms with Crippen molar-refractivity contribution in [2.75, 3.05) is 0 Å². The molecule has 20 heavy (non-hydrogen) atoms. The average Bonchev–Trinajstić information content (AvgIpc) is 2.88. The maximum absolute atomic E-state index is 10.8. The Morgan fingerprint density at radius 1 is 1.15 bits per heavy atom. The van der Waals surface area contributed by atoms with Gasteiger partial charge in [-0.3, -0.25) is 0 Å². The third kappa shape index (κ3) is 2.67. The van der Waals surface area contributed by atoms with Crippen molar-refractivity contribution in [3.63, 3.8) is 0 Å². The molecule has 4 nitrogen and oxygen atoms in total. The molecule has 1 aromatic heterocycles. The number of carbonyl (C=O) groups is 1. The summed E-state index contributed by atoms with van der Waals surface area (Å²) in [6.45, 7) is 0. The smallest absolute Gasteiger partial charge is 0.335 e. The van der Waals surface area contributed by atoms with Crippen LogP contribution in [0.1, 0.15) is 16.2 Å². The van der Waals surface area contributed by atoms with Gasteiger partial charge in [0.1, 0.15) is 5.52 Å². The molecule has 0 bridgehead atoms. The molecule has 0 fully saturated rings. The monoisotopic (exact) mass is 285 g/mol. The predicted octanol–water partition coefficient (Wildman–Crippen LogP) is 3.82. The summed E-state index contributed by atoms with van der Waals surface area (Å²) in [6.07, 6.45) is 0. The molecule has 0 saturated heterocycles. The van der Waals surface area contributed by atoms with Gasteiger partial charge in [0.2, 0.25) is 5.89 Å². The highest BCUT2D eigenvalue weighted by molar-refractivity contribution is 7.98. The third-order valence-electron chi connectivity index (χ3n) is 2.80. The van der Waals surface area contributed by atoms with E-state index in [0.717, 1.165) is 16.0 Å². The van der Waals surface area contributed by atoms with E-state index in [-0.39, 0.29) is 5.56 Å². The van der Waals surface area contributed by atoms with Gasteiger partial charge in [-0.1, -0.05) is 12.1 Å². The van der Waals surface area contributed by atoms with E-state index in [9.17, 15) is 4.79 Å². The van der Waals surface area contributed by atoms with E-state index < -0.39 is 5.97 Å². The molecule has 0 aliphatic carbocycles. The summed E-state index contributed by atoms with van der Waals surface area (Å²) in [5, 5.41) is 8.83. The highest BCUT2D eigenvalue weighted by Gasteiger charge is 2.06. The fourth-order valence-corrected chi connectivity index (χ4v) is 2.56. The van der Waals surface area contributed by atoms with E-state index in [1.807, 2.05) is 24.3 Å². The molecule has 0 amide bonds. The second kappa shape index (κ2) is 5.38. The summed E-state index contributed by atoms with van der Waals surface area (Å²) in [5.74, 6) is 0.361. The quantitative estimate of drug-likeness (QED) is 0.738. The van der Waals surface area contributed by atoms with Crippen LogP contribution in [0.25, 0.3) is 11.1 Å². The number of fused-ring (bicyclic) bond motifs is 1. The van der Waals surface area contributed by atoms with Crippen LogP contribution < -0.4 is 0 Å². The van der Waals surface area contributed by atoms with Gasteiger partial charge in [-0.15, -0.1) is 11.8 Å². The van der Waals surface area contributed by atoms with Crippen LogP contribution in [0.2, 0.25) is 0 Å². The summed E-state index contributed by atoms with van der Waals surface area (Å²) >= 11 is 1.56. The lowest BCUT2D eigenvalue weighted by Gasteiger charge is -1.99. The van der Waals surface area contributed by atoms with Crippen LogP contribution in [-0.4, -0.2) is 16.1 Å². The molecular weight excluding hydrogens is 274 g/mol. The van der Waals surface area contributed by atoms with Gasteiger partial charge in [0.25, 0.3) is 0 Å². The highest BCUT2D eigenvalue weighted by atomic mass is 32.2. The maximum atomic E-state index is 10.8. The molecule has 0 aliphatic rings. The lowest BCUT2D eigenvalue weighted by atomic mass is 10.2. The number of aromatic nitrogens is 1. The Kier molecular flexibility index (Phi) is 3.43. The molecule has 100 valence electrons. The van der Waals surface area contributed by atoms with Gasteiger partial charge >= 0.3 is 5.97 Å². The van der Waals surface area contributed by atoms with Crippen molar-refractivity contribution >= 4 is 28.8 Å². The number of benzene rings is 2. The number of aromatic carboxylic acids is 1. The van der Waals surface area contributed by atoms with E-state index in [1.54, 1.807) is 36.0 Å². The normalized spacial score (nSPS) is 10.8. The minimum Gasteiger partial charge on any atom is -0.478 e. The Labute approximate surface area is 119 Å². The Morgan fingerprint density at radius 3 is 2.60 bits per heavy atom. The fourth-order valence-electron chi connectivity index (χ4n) is 1.82. The molecule has 0 unspecified atom stereocenters. The molecule has 3 rings (SSSR count). The molecule has 3 aromatic rings. The zero-order valence-corrected chi connectivity index (χ0v) is 11.3. The van der Waals surface area contributed by atoms with Gasteiger partial charge in [0.05, 0.1) is 11.3 Å². The minimum absolute atomic E-state index is 0.288. The first-order chi connectivity index (χ1) is 9.72. The topological polar surface area (TPSA) is 63.3 Å². The Bertz CT molecular complexity index is 716. The number of carboxylic acid groups (broad SMARTS) is 1. The van der Waals surface area contributed by atoms with Gasteiger partial charge in [-0.2, -0.15) is 0 Å². The fraction of sp³-hybridized carbons (Fsp3) is 0.0667. The van der Waals surface area contributed by atoms with Crippen LogP contribution in [0.5, 0.6) is 0 Å². The lowest BCUT2D eigenvalue weighted by Crippen LogP contribution is -1.94. The molecule has 1 heterocycles. The van der Waals surface area contributed by atoms with Gasteiger partial charge in [0, 0.05) is 4.90 Å². The van der Waals surface area contributed by atoms with Crippen molar-refractivity contribution < 1.29 is 14.3 Å². The summed E-state index contributed by atoms with van der Waals surface area (Å²) < 4.78 is 5.63. The van der Waals surface area contributed by atoms with Crippen molar-refractivity contribution in [2.45, 2.75) is 10.6 Å². The second-order valence-electron chi connectivity index (χ2n) is 4.19. The number of oxazole rings is 1. The van der Waals surface area contributed by atoms with Crippen LogP contribution in [0.15, 0.2) is 57.8 Å². The summed E-state index contributed by atoms with van der Waals surface area (Å²) in [5.41, 5.74) is 1.92. The third-order valence-corrected chi connectivity index (χ3v) is 3.80. The van der Waals surface area contributed by atoms with E-state index >= 15 is 0 Å². The standard InChI is InChI=1S/C15H11NO3S/c17-15(18)10-5-7-11(8-6-10)20-9-14-16-12-3-1-2-4-13(12)19-14/h1-8H,9H2,(H,17,18). The van der Waals surface area contributed by atoms with Crippen molar-refractivity contribution in [3.8, 4) is 0 Å². The van der Waals surface area contributed by atoms with E-state index in [1.165, 1.54) is 0 Å². The summed E-state index contributed by atoms with van der Waals surface area (Å²) in [7, 11) is 0. The van der Waals surface area contributed by atoms with Crippen molar-refractivity contribution in [1.29, 1.82) is 0 Å². The highest BCUT2D eigenvalue weighted by Crippen LogP contribution is 2.24. The SMILES string of the molecule is O=C(O)c1ccc(SCc2nc3ccccc3o2)cc1. The Balaban J connectivity index is 1.71. The van der Waals surface area contributed by atoms with Crippen molar-refractivity contribution in [1.82, 2.24) is 4.98 Å². The van der Waals surface area contributed by atoms with E-state index in [4.69, 9.17) is 9.52 Å². The number of thioether (sulfide) groups is 1. The molecule has 5 heteroatoms. The number of carboxylic acids is 1. The van der Waals surface area contributed by atoms with Gasteiger partial charge in [0.15, 0.2) is 5.58 Å². The van der Waals surface area contributed by atoms with Crippen LogP contribution in [-0.2, 0) is 5.75 Å². The lowest BCUT2D eigenvalue weighted by molar-refractivity contribution is 0.0697. The van der Waals surface area contributed by atoms with Gasteiger partial charge in [-0.05, 0) is 36.4 Å². The molecule has 0 atom stereocenters. The zero-order valence-electron chi connectivity index (χ0n) is 10.4. The number of hydrogen-bond acceptors (Lipinski definition) is 4. The number of hydrogen-bond donors (Lipinski definition) is 1. The number of nitrogens with zero attached hydrogens (tertiary/aromatic N) is 1. The van der Waals surface area contributed by atoms with E-state index in [0.29, 0.717) is 11.6 Å². The molecule has 2 aromatic carbocycles. The molecule has 0 saturated carbocycles. The predicted molar refractivity (Wildman–Crippen MR) is 77.0 cm³/mol. The van der Waals surface area contributed by atoms with Crippen LogP contribution in [0.4, 0.5) is 0 Å². The first kappa shape index (κ1) is 12.7. The van der Waals surface area contributed by atoms with Crippen molar-refractivity contribution in [2.24, 2.45) is 0 Å². The van der Waals surface area contributed by atoms with Gasteiger partial charge in [-0.25, -0.2) is 9.78 Å².